The van der Waals surface area contributed by atoms with Gasteiger partial charge in [-0.05, 0) is 38.1 Å². The van der Waals surface area contributed by atoms with E-state index in [1.54, 1.807) is 31.2 Å². The number of ether oxygens (including phenoxy) is 1. The lowest BCUT2D eigenvalue weighted by Crippen LogP contribution is -2.30. The Balaban J connectivity index is 1.85. The summed E-state index contributed by atoms with van der Waals surface area (Å²) < 4.78 is 6.52. The maximum Gasteiger partial charge on any atom is 0.337 e. The number of fused-ring (bicyclic) bond motifs is 1. The van der Waals surface area contributed by atoms with Crippen LogP contribution < -0.4 is 15.6 Å². The van der Waals surface area contributed by atoms with Crippen molar-refractivity contribution in [3.8, 4) is 5.75 Å². The highest BCUT2D eigenvalue weighted by molar-refractivity contribution is 7.17. The maximum absolute atomic E-state index is 12.7. The van der Waals surface area contributed by atoms with Crippen LogP contribution in [0.4, 0.5) is 5.69 Å². The number of carboxylic acids is 1. The molecule has 140 valence electrons. The van der Waals surface area contributed by atoms with E-state index in [1.807, 2.05) is 6.92 Å². The molecule has 1 amide bonds. The Hall–Kier alpha value is -3.20. The topological polar surface area (TPSA) is 111 Å². The molecular weight excluding hydrogens is 370 g/mol. The predicted octanol–water partition coefficient (Wildman–Crippen LogP) is 2.50. The number of hydrogen-bond acceptors (Lipinski definition) is 6. The number of carboxylic acid groups (broad SMARTS) is 1. The van der Waals surface area contributed by atoms with Crippen LogP contribution in [0.5, 0.6) is 5.75 Å². The minimum Gasteiger partial charge on any atom is -0.494 e. The van der Waals surface area contributed by atoms with Gasteiger partial charge in [0.15, 0.2) is 0 Å². The largest absolute Gasteiger partial charge is 0.494 e. The van der Waals surface area contributed by atoms with Crippen molar-refractivity contribution in [3.63, 3.8) is 0 Å². The number of rotatable bonds is 6. The first-order valence-electron chi connectivity index (χ1n) is 8.15. The molecule has 0 aliphatic rings. The summed E-state index contributed by atoms with van der Waals surface area (Å²) in [5, 5.41) is 13.3. The number of aromatic nitrogens is 2. The summed E-state index contributed by atoms with van der Waals surface area (Å²) in [7, 11) is 0. The predicted molar refractivity (Wildman–Crippen MR) is 102 cm³/mol. The fourth-order valence-corrected chi connectivity index (χ4v) is 3.56. The normalized spacial score (nSPS) is 10.7. The van der Waals surface area contributed by atoms with Crippen molar-refractivity contribution in [1.82, 2.24) is 9.55 Å². The van der Waals surface area contributed by atoms with Gasteiger partial charge < -0.3 is 15.2 Å². The number of hydrogen-bond donors (Lipinski definition) is 2. The second kappa shape index (κ2) is 7.58. The Bertz CT molecular complexity index is 1070. The number of benzene rings is 1. The first-order chi connectivity index (χ1) is 12.9. The fraction of sp³-hybridized carbons (Fsp3) is 0.222. The quantitative estimate of drug-likeness (QED) is 0.672. The lowest BCUT2D eigenvalue weighted by molar-refractivity contribution is -0.116. The maximum atomic E-state index is 12.7. The first kappa shape index (κ1) is 18.6. The molecule has 0 bridgehead atoms. The molecule has 0 atom stereocenters. The van der Waals surface area contributed by atoms with E-state index >= 15 is 0 Å². The number of anilines is 1. The Morgan fingerprint density at radius 2 is 2.00 bits per heavy atom. The lowest BCUT2D eigenvalue weighted by atomic mass is 10.2. The second-order valence-electron chi connectivity index (χ2n) is 5.69. The first-order valence-corrected chi connectivity index (χ1v) is 9.03. The van der Waals surface area contributed by atoms with Gasteiger partial charge in [-0.1, -0.05) is 0 Å². The number of aromatic carboxylic acids is 1. The molecule has 2 N–H and O–H groups in total. The molecule has 0 radical (unpaired) electrons. The summed E-state index contributed by atoms with van der Waals surface area (Å²) in [6.07, 6.45) is 0. The monoisotopic (exact) mass is 387 g/mol. The van der Waals surface area contributed by atoms with Crippen molar-refractivity contribution in [3.05, 3.63) is 51.4 Å². The van der Waals surface area contributed by atoms with Crippen molar-refractivity contribution in [2.45, 2.75) is 20.4 Å². The zero-order chi connectivity index (χ0) is 19.6. The molecule has 2 heterocycles. The molecule has 27 heavy (non-hydrogen) atoms. The summed E-state index contributed by atoms with van der Waals surface area (Å²) >= 11 is 1.09. The van der Waals surface area contributed by atoms with Gasteiger partial charge in [0.05, 0.1) is 17.6 Å². The molecule has 0 aliphatic carbocycles. The van der Waals surface area contributed by atoms with Crippen LogP contribution in [0.2, 0.25) is 0 Å². The zero-order valence-electron chi connectivity index (χ0n) is 14.7. The van der Waals surface area contributed by atoms with Crippen LogP contribution in [0.25, 0.3) is 10.2 Å². The van der Waals surface area contributed by atoms with E-state index in [0.29, 0.717) is 28.7 Å². The highest BCUT2D eigenvalue weighted by Gasteiger charge is 2.19. The summed E-state index contributed by atoms with van der Waals surface area (Å²) in [5.41, 5.74) is -0.0869. The van der Waals surface area contributed by atoms with E-state index < -0.39 is 17.4 Å². The van der Waals surface area contributed by atoms with Crippen molar-refractivity contribution < 1.29 is 19.4 Å². The van der Waals surface area contributed by atoms with Gasteiger partial charge in [0, 0.05) is 11.1 Å². The SMILES string of the molecule is CCOc1ccc(NC(=O)Cn2c(C)nc3scc(C(=O)O)c3c2=O)cc1. The molecule has 0 fully saturated rings. The van der Waals surface area contributed by atoms with Gasteiger partial charge >= 0.3 is 5.97 Å². The molecule has 0 spiro atoms. The molecular formula is C18H17N3O5S. The average Bonchev–Trinajstić information content (AvgIpc) is 3.04. The molecule has 3 aromatic rings. The second-order valence-corrected chi connectivity index (χ2v) is 6.55. The van der Waals surface area contributed by atoms with E-state index in [0.717, 1.165) is 11.3 Å². The highest BCUT2D eigenvalue weighted by Crippen LogP contribution is 2.21. The molecule has 1 aromatic carbocycles. The number of aryl methyl sites for hydroxylation is 1. The summed E-state index contributed by atoms with van der Waals surface area (Å²) in [6, 6.07) is 6.85. The van der Waals surface area contributed by atoms with Crippen LogP contribution in [0, 0.1) is 6.92 Å². The fourth-order valence-electron chi connectivity index (χ4n) is 2.61. The van der Waals surface area contributed by atoms with Gasteiger partial charge in [-0.3, -0.25) is 14.2 Å². The summed E-state index contributed by atoms with van der Waals surface area (Å²) in [6.45, 7) is 3.76. The third-order valence-corrected chi connectivity index (χ3v) is 4.74. The van der Waals surface area contributed by atoms with Crippen LogP contribution in [-0.2, 0) is 11.3 Å². The van der Waals surface area contributed by atoms with E-state index in [-0.39, 0.29) is 17.5 Å². The Labute approximate surface area is 158 Å². The third kappa shape index (κ3) is 3.82. The molecule has 0 saturated heterocycles. The average molecular weight is 387 g/mol. The van der Waals surface area contributed by atoms with Gasteiger partial charge in [-0.25, -0.2) is 9.78 Å². The smallest absolute Gasteiger partial charge is 0.337 e. The van der Waals surface area contributed by atoms with E-state index in [4.69, 9.17) is 4.74 Å². The molecule has 2 aromatic heterocycles. The van der Waals surface area contributed by atoms with Gasteiger partial charge in [0.1, 0.15) is 22.9 Å². The van der Waals surface area contributed by atoms with Gasteiger partial charge in [-0.15, -0.1) is 11.3 Å². The summed E-state index contributed by atoms with van der Waals surface area (Å²) in [5.74, 6) is -0.587. The standard InChI is InChI=1S/C18H17N3O5S/c1-3-26-12-6-4-11(5-7-12)20-14(22)8-21-10(2)19-16-15(17(21)23)13(9-27-16)18(24)25/h4-7,9H,3,8H2,1-2H3,(H,20,22)(H,24,25). The van der Waals surface area contributed by atoms with Crippen molar-refractivity contribution in [2.24, 2.45) is 0 Å². The van der Waals surface area contributed by atoms with E-state index in [1.165, 1.54) is 9.95 Å². The molecule has 8 nitrogen and oxygen atoms in total. The van der Waals surface area contributed by atoms with E-state index in [2.05, 4.69) is 10.3 Å². The van der Waals surface area contributed by atoms with Crippen LogP contribution in [0.3, 0.4) is 0 Å². The van der Waals surface area contributed by atoms with Gasteiger partial charge in [-0.2, -0.15) is 0 Å². The minimum atomic E-state index is -1.20. The molecule has 0 aliphatic heterocycles. The lowest BCUT2D eigenvalue weighted by Gasteiger charge is -2.11. The number of carbonyl (C=O) groups is 2. The molecule has 3 rings (SSSR count). The van der Waals surface area contributed by atoms with Gasteiger partial charge in [0.2, 0.25) is 5.91 Å². The van der Waals surface area contributed by atoms with E-state index in [9.17, 15) is 19.5 Å². The van der Waals surface area contributed by atoms with Crippen molar-refractivity contribution in [2.75, 3.05) is 11.9 Å². The van der Waals surface area contributed by atoms with Gasteiger partial charge in [0.25, 0.3) is 5.56 Å². The van der Waals surface area contributed by atoms with Crippen LogP contribution >= 0.6 is 11.3 Å². The minimum absolute atomic E-state index is 0.0203. The zero-order valence-corrected chi connectivity index (χ0v) is 15.5. The molecule has 9 heteroatoms. The Morgan fingerprint density at radius 3 is 2.63 bits per heavy atom. The van der Waals surface area contributed by atoms with Crippen molar-refractivity contribution in [1.29, 1.82) is 0 Å². The van der Waals surface area contributed by atoms with Crippen LogP contribution in [-0.4, -0.2) is 33.1 Å². The third-order valence-electron chi connectivity index (χ3n) is 3.87. The number of nitrogens with one attached hydrogen (secondary N) is 1. The molecule has 0 saturated carbocycles. The summed E-state index contributed by atoms with van der Waals surface area (Å²) in [4.78, 5) is 41.0. The van der Waals surface area contributed by atoms with Crippen molar-refractivity contribution >= 4 is 39.1 Å². The number of thiophene rings is 1. The number of nitrogens with zero attached hydrogens (tertiary/aromatic N) is 2. The number of amides is 1. The molecule has 0 unspecified atom stereocenters. The highest BCUT2D eigenvalue weighted by atomic mass is 32.1. The number of carbonyl (C=O) groups excluding carboxylic acids is 1. The van der Waals surface area contributed by atoms with Crippen LogP contribution in [0.15, 0.2) is 34.4 Å². The Kier molecular flexibility index (Phi) is 5.22. The van der Waals surface area contributed by atoms with Crippen LogP contribution in [0.1, 0.15) is 23.1 Å². The Morgan fingerprint density at radius 1 is 1.30 bits per heavy atom.